The van der Waals surface area contributed by atoms with Crippen LogP contribution in [0.1, 0.15) is 32.6 Å². The largest absolute Gasteiger partial charge is 0.468 e. The van der Waals surface area contributed by atoms with Crippen molar-refractivity contribution >= 4 is 15.8 Å². The van der Waals surface area contributed by atoms with Crippen molar-refractivity contribution in [2.24, 2.45) is 5.41 Å². The van der Waals surface area contributed by atoms with E-state index in [1.807, 2.05) is 0 Å². The number of carbonyl (C=O) groups is 1. The molecule has 0 saturated carbocycles. The van der Waals surface area contributed by atoms with E-state index in [4.69, 9.17) is 0 Å². The monoisotopic (exact) mass is 284 g/mol. The predicted molar refractivity (Wildman–Crippen MR) is 62.2 cm³/mol. The molecule has 0 N–H and O–H groups in total. The Morgan fingerprint density at radius 2 is 2.00 bits per heavy atom. The summed E-state index contributed by atoms with van der Waals surface area (Å²) < 4.78 is 55.8. The highest BCUT2D eigenvalue weighted by Crippen LogP contribution is 2.48. The van der Waals surface area contributed by atoms with E-state index in [0.717, 1.165) is 7.11 Å². The van der Waals surface area contributed by atoms with E-state index < -0.39 is 45.1 Å². The number of ether oxygens (including phenoxy) is 1. The first-order chi connectivity index (χ1) is 8.21. The summed E-state index contributed by atoms with van der Waals surface area (Å²) in [4.78, 5) is 11.7. The maximum atomic E-state index is 14.1. The van der Waals surface area contributed by atoms with Crippen LogP contribution in [-0.4, -0.2) is 38.9 Å². The van der Waals surface area contributed by atoms with Crippen LogP contribution in [0, 0.1) is 5.41 Å². The molecule has 1 heterocycles. The summed E-state index contributed by atoms with van der Waals surface area (Å²) >= 11 is 0. The maximum Gasteiger partial charge on any atom is 0.319 e. The van der Waals surface area contributed by atoms with Gasteiger partial charge in [-0.15, -0.1) is 0 Å². The number of carbonyl (C=O) groups excluding carboxylic acids is 1. The molecule has 1 unspecified atom stereocenters. The lowest BCUT2D eigenvalue weighted by Gasteiger charge is -2.40. The lowest BCUT2D eigenvalue weighted by atomic mass is 9.77. The zero-order valence-corrected chi connectivity index (χ0v) is 11.4. The van der Waals surface area contributed by atoms with Gasteiger partial charge in [0.05, 0.1) is 18.6 Å². The van der Waals surface area contributed by atoms with Gasteiger partial charge in [-0.05, 0) is 6.42 Å². The van der Waals surface area contributed by atoms with Crippen molar-refractivity contribution in [3.63, 3.8) is 0 Å². The summed E-state index contributed by atoms with van der Waals surface area (Å²) in [5.74, 6) is -5.85. The number of hydrogen-bond acceptors (Lipinski definition) is 4. The molecule has 4 nitrogen and oxygen atoms in total. The minimum Gasteiger partial charge on any atom is -0.468 e. The van der Waals surface area contributed by atoms with Crippen molar-refractivity contribution in [2.75, 3.05) is 18.6 Å². The standard InChI is InChI=1S/C11H18F2O4S/c1-3-4-5-10(9(14)17-2)8-18(15,16)7-6-11(10,12)13/h3-8H2,1-2H3. The van der Waals surface area contributed by atoms with Crippen LogP contribution in [0.3, 0.4) is 0 Å². The molecule has 1 aliphatic heterocycles. The fourth-order valence-corrected chi connectivity index (χ4v) is 4.25. The van der Waals surface area contributed by atoms with Crippen LogP contribution >= 0.6 is 0 Å². The van der Waals surface area contributed by atoms with E-state index >= 15 is 0 Å². The van der Waals surface area contributed by atoms with Gasteiger partial charge in [0.1, 0.15) is 5.41 Å². The third-order valence-corrected chi connectivity index (χ3v) is 5.19. The first-order valence-corrected chi connectivity index (χ1v) is 7.69. The maximum absolute atomic E-state index is 14.1. The molecule has 0 aromatic heterocycles. The van der Waals surface area contributed by atoms with Crippen molar-refractivity contribution in [1.82, 2.24) is 0 Å². The third kappa shape index (κ3) is 2.65. The zero-order chi connectivity index (χ0) is 14.0. The highest BCUT2D eigenvalue weighted by molar-refractivity contribution is 7.91. The molecule has 1 fully saturated rings. The Morgan fingerprint density at radius 3 is 2.50 bits per heavy atom. The smallest absolute Gasteiger partial charge is 0.319 e. The summed E-state index contributed by atoms with van der Waals surface area (Å²) in [6.45, 7) is 1.79. The quantitative estimate of drug-likeness (QED) is 0.738. The average Bonchev–Trinajstić information content (AvgIpc) is 2.29. The SMILES string of the molecule is CCCCC1(C(=O)OC)CS(=O)(=O)CCC1(F)F. The highest BCUT2D eigenvalue weighted by Gasteiger charge is 2.63. The molecule has 0 aliphatic carbocycles. The fraction of sp³-hybridized carbons (Fsp3) is 0.909. The van der Waals surface area contributed by atoms with Crippen LogP contribution in [0.4, 0.5) is 8.78 Å². The molecule has 1 saturated heterocycles. The summed E-state index contributed by atoms with van der Waals surface area (Å²) in [7, 11) is -2.62. The van der Waals surface area contributed by atoms with Crippen molar-refractivity contribution in [1.29, 1.82) is 0 Å². The van der Waals surface area contributed by atoms with Gasteiger partial charge in [-0.2, -0.15) is 0 Å². The molecule has 1 rings (SSSR count). The van der Waals surface area contributed by atoms with Crippen LogP contribution in [-0.2, 0) is 19.4 Å². The Morgan fingerprint density at radius 1 is 1.39 bits per heavy atom. The van der Waals surface area contributed by atoms with Gasteiger partial charge in [0.2, 0.25) is 0 Å². The summed E-state index contributed by atoms with van der Waals surface area (Å²) in [5.41, 5.74) is -2.21. The number of alkyl halides is 2. The molecule has 1 aliphatic rings. The molecule has 106 valence electrons. The molecule has 0 aromatic rings. The number of esters is 1. The molecule has 0 spiro atoms. The summed E-state index contributed by atoms with van der Waals surface area (Å²) in [6, 6.07) is 0. The van der Waals surface area contributed by atoms with Crippen LogP contribution in [0.5, 0.6) is 0 Å². The van der Waals surface area contributed by atoms with E-state index in [9.17, 15) is 22.0 Å². The Hall–Kier alpha value is -0.720. The van der Waals surface area contributed by atoms with Gasteiger partial charge in [-0.3, -0.25) is 4.79 Å². The molecular weight excluding hydrogens is 266 g/mol. The molecule has 18 heavy (non-hydrogen) atoms. The van der Waals surface area contributed by atoms with Crippen LogP contribution in [0.15, 0.2) is 0 Å². The second-order valence-electron chi connectivity index (χ2n) is 4.72. The van der Waals surface area contributed by atoms with Gasteiger partial charge in [0.15, 0.2) is 9.84 Å². The van der Waals surface area contributed by atoms with Crippen molar-refractivity contribution < 1.29 is 26.7 Å². The van der Waals surface area contributed by atoms with Gasteiger partial charge < -0.3 is 4.74 Å². The second kappa shape index (κ2) is 5.11. The van der Waals surface area contributed by atoms with Crippen LogP contribution < -0.4 is 0 Å². The molecule has 7 heteroatoms. The Kier molecular flexibility index (Phi) is 4.35. The molecule has 0 aromatic carbocycles. The van der Waals surface area contributed by atoms with E-state index in [1.165, 1.54) is 0 Å². The van der Waals surface area contributed by atoms with Crippen molar-refractivity contribution in [3.05, 3.63) is 0 Å². The number of rotatable bonds is 4. The van der Waals surface area contributed by atoms with E-state index in [2.05, 4.69) is 4.74 Å². The number of unbranched alkanes of at least 4 members (excludes halogenated alkanes) is 1. The molecule has 0 bridgehead atoms. The number of halogens is 2. The van der Waals surface area contributed by atoms with Gasteiger partial charge >= 0.3 is 5.97 Å². The summed E-state index contributed by atoms with van der Waals surface area (Å²) in [5, 5.41) is 0. The van der Waals surface area contributed by atoms with Crippen LogP contribution in [0.2, 0.25) is 0 Å². The van der Waals surface area contributed by atoms with Gasteiger partial charge in [-0.1, -0.05) is 19.8 Å². The topological polar surface area (TPSA) is 60.4 Å². The predicted octanol–water partition coefficient (Wildman–Crippen LogP) is 1.79. The highest BCUT2D eigenvalue weighted by atomic mass is 32.2. The van der Waals surface area contributed by atoms with Crippen molar-refractivity contribution in [2.45, 2.75) is 38.5 Å². The molecule has 1 atom stereocenters. The first-order valence-electron chi connectivity index (χ1n) is 5.87. The molecule has 0 radical (unpaired) electrons. The van der Waals surface area contributed by atoms with Crippen LogP contribution in [0.25, 0.3) is 0 Å². The zero-order valence-electron chi connectivity index (χ0n) is 10.5. The summed E-state index contributed by atoms with van der Waals surface area (Å²) in [6.07, 6.45) is -0.00830. The molecular formula is C11H18F2O4S. The minimum atomic E-state index is -3.63. The van der Waals surface area contributed by atoms with Gasteiger partial charge in [0, 0.05) is 6.42 Å². The number of hydrogen-bond donors (Lipinski definition) is 0. The lowest BCUT2D eigenvalue weighted by molar-refractivity contribution is -0.182. The van der Waals surface area contributed by atoms with E-state index in [-0.39, 0.29) is 6.42 Å². The van der Waals surface area contributed by atoms with E-state index in [1.54, 1.807) is 6.92 Å². The number of methoxy groups -OCH3 is 1. The fourth-order valence-electron chi connectivity index (χ4n) is 2.32. The average molecular weight is 284 g/mol. The second-order valence-corrected chi connectivity index (χ2v) is 6.91. The normalized spacial score (nSPS) is 29.8. The number of sulfone groups is 1. The van der Waals surface area contributed by atoms with Crippen molar-refractivity contribution in [3.8, 4) is 0 Å². The molecule has 0 amide bonds. The Labute approximate surface area is 106 Å². The lowest BCUT2D eigenvalue weighted by Crippen LogP contribution is -2.56. The first kappa shape index (κ1) is 15.3. The van der Waals surface area contributed by atoms with Gasteiger partial charge in [0.25, 0.3) is 5.92 Å². The Bertz CT molecular complexity index is 419. The Balaban J connectivity index is 3.21. The van der Waals surface area contributed by atoms with E-state index in [0.29, 0.717) is 12.8 Å². The minimum absolute atomic E-state index is 0.164. The van der Waals surface area contributed by atoms with Gasteiger partial charge in [-0.25, -0.2) is 17.2 Å². The third-order valence-electron chi connectivity index (χ3n) is 3.43.